The first-order valence-corrected chi connectivity index (χ1v) is 3.41. The predicted octanol–water partition coefficient (Wildman–Crippen LogP) is -0.958. The van der Waals surface area contributed by atoms with Crippen LogP contribution in [0.25, 0.3) is 0 Å². The van der Waals surface area contributed by atoms with Gasteiger partial charge in [-0.15, -0.1) is 0 Å². The van der Waals surface area contributed by atoms with Crippen molar-refractivity contribution in [2.75, 3.05) is 13.1 Å². The summed E-state index contributed by atoms with van der Waals surface area (Å²) in [5.41, 5.74) is 0. The van der Waals surface area contributed by atoms with E-state index in [-0.39, 0.29) is 13.1 Å². The van der Waals surface area contributed by atoms with Gasteiger partial charge >= 0.3 is 12.1 Å². The molecular weight excluding hydrogens is 166 g/mol. The summed E-state index contributed by atoms with van der Waals surface area (Å²) in [6, 6.07) is 0. The van der Waals surface area contributed by atoms with Gasteiger partial charge in [-0.3, -0.25) is 4.79 Å². The molecule has 0 aliphatic carbocycles. The van der Waals surface area contributed by atoms with Crippen molar-refractivity contribution >= 4 is 12.1 Å². The number of carboxylic acid groups (broad SMARTS) is 2. The van der Waals surface area contributed by atoms with Crippen LogP contribution in [0.2, 0.25) is 0 Å². The number of likely N-dealkylation sites (tertiary alicyclic amines) is 1. The largest absolute Gasteiger partial charge is 0.481 e. The molecular formula is C6H9NO5. The van der Waals surface area contributed by atoms with Crippen LogP contribution >= 0.6 is 0 Å². The van der Waals surface area contributed by atoms with Crippen LogP contribution in [0.4, 0.5) is 4.79 Å². The van der Waals surface area contributed by atoms with Gasteiger partial charge in [-0.2, -0.15) is 0 Å². The molecule has 0 aromatic carbocycles. The second kappa shape index (κ2) is 2.98. The Morgan fingerprint density at radius 2 is 1.83 bits per heavy atom. The third-order valence-electron chi connectivity index (χ3n) is 1.88. The highest BCUT2D eigenvalue weighted by molar-refractivity contribution is 5.74. The lowest BCUT2D eigenvalue weighted by atomic mass is 10.1. The summed E-state index contributed by atoms with van der Waals surface area (Å²) in [6.45, 7) is -0.252. The van der Waals surface area contributed by atoms with Crippen molar-refractivity contribution < 1.29 is 24.9 Å². The predicted molar refractivity (Wildman–Crippen MR) is 36.7 cm³/mol. The molecule has 68 valence electrons. The number of aliphatic hydroxyl groups is 1. The van der Waals surface area contributed by atoms with E-state index >= 15 is 0 Å². The van der Waals surface area contributed by atoms with Gasteiger partial charge in [-0.1, -0.05) is 0 Å². The highest BCUT2D eigenvalue weighted by Crippen LogP contribution is 2.16. The maximum absolute atomic E-state index is 10.4. The Morgan fingerprint density at radius 3 is 2.08 bits per heavy atom. The minimum Gasteiger partial charge on any atom is -0.481 e. The van der Waals surface area contributed by atoms with Crippen LogP contribution in [0.1, 0.15) is 0 Å². The van der Waals surface area contributed by atoms with Gasteiger partial charge in [0.05, 0.1) is 12.6 Å². The summed E-state index contributed by atoms with van der Waals surface area (Å²) in [7, 11) is 0. The highest BCUT2D eigenvalue weighted by atomic mass is 16.4. The molecule has 2 unspecified atom stereocenters. The van der Waals surface area contributed by atoms with E-state index in [1.807, 2.05) is 0 Å². The number of β-amino-alcohol motifs (C(OH)–C–C–N with tert-alkyl or cyclic N) is 1. The fraction of sp³-hybridized carbons (Fsp3) is 0.667. The highest BCUT2D eigenvalue weighted by Gasteiger charge is 2.38. The molecule has 0 saturated carbocycles. The number of carbonyl (C=O) groups is 2. The van der Waals surface area contributed by atoms with E-state index in [0.29, 0.717) is 0 Å². The minimum atomic E-state index is -1.20. The van der Waals surface area contributed by atoms with Crippen LogP contribution in [0.5, 0.6) is 0 Å². The number of rotatable bonds is 1. The zero-order valence-corrected chi connectivity index (χ0v) is 6.17. The molecule has 1 fully saturated rings. The third kappa shape index (κ3) is 1.48. The number of amides is 1. The average molecular weight is 175 g/mol. The topological polar surface area (TPSA) is 98.1 Å². The van der Waals surface area contributed by atoms with E-state index in [1.54, 1.807) is 0 Å². The van der Waals surface area contributed by atoms with Crippen LogP contribution in [-0.4, -0.2) is 51.5 Å². The number of nitrogens with zero attached hydrogens (tertiary/aromatic N) is 1. The SMILES string of the molecule is O=C(O)C1CN(C(=O)O)CC1O. The number of hydrogen-bond donors (Lipinski definition) is 3. The van der Waals surface area contributed by atoms with Crippen molar-refractivity contribution in [1.29, 1.82) is 0 Å². The van der Waals surface area contributed by atoms with Gasteiger partial charge in [0.2, 0.25) is 0 Å². The van der Waals surface area contributed by atoms with E-state index in [9.17, 15) is 9.59 Å². The summed E-state index contributed by atoms with van der Waals surface area (Å²) >= 11 is 0. The zero-order valence-electron chi connectivity index (χ0n) is 6.17. The molecule has 6 heteroatoms. The van der Waals surface area contributed by atoms with E-state index < -0.39 is 24.1 Å². The lowest BCUT2D eigenvalue weighted by molar-refractivity contribution is -0.143. The summed E-state index contributed by atoms with van der Waals surface area (Å²) in [5, 5.41) is 26.0. The second-order valence-corrected chi connectivity index (χ2v) is 2.70. The van der Waals surface area contributed by atoms with Crippen LogP contribution in [0.15, 0.2) is 0 Å². The molecule has 0 aromatic heterocycles. The monoisotopic (exact) mass is 175 g/mol. The van der Waals surface area contributed by atoms with Gasteiger partial charge in [0, 0.05) is 6.54 Å². The van der Waals surface area contributed by atoms with Crippen molar-refractivity contribution in [1.82, 2.24) is 4.90 Å². The van der Waals surface area contributed by atoms with Crippen LogP contribution in [0.3, 0.4) is 0 Å². The van der Waals surface area contributed by atoms with Crippen LogP contribution in [-0.2, 0) is 4.79 Å². The molecule has 2 atom stereocenters. The number of aliphatic hydroxyl groups excluding tert-OH is 1. The molecule has 1 aliphatic rings. The lowest BCUT2D eigenvalue weighted by Crippen LogP contribution is -2.28. The Hall–Kier alpha value is -1.30. The molecule has 0 aromatic rings. The maximum atomic E-state index is 10.4. The molecule has 1 saturated heterocycles. The van der Waals surface area contributed by atoms with Gasteiger partial charge in [0.25, 0.3) is 0 Å². The average Bonchev–Trinajstić information content (AvgIpc) is 2.30. The van der Waals surface area contributed by atoms with Crippen molar-refractivity contribution in [2.45, 2.75) is 6.10 Å². The molecule has 1 amide bonds. The zero-order chi connectivity index (χ0) is 9.30. The van der Waals surface area contributed by atoms with E-state index in [4.69, 9.17) is 15.3 Å². The maximum Gasteiger partial charge on any atom is 0.407 e. The van der Waals surface area contributed by atoms with Crippen molar-refractivity contribution in [3.8, 4) is 0 Å². The number of hydrogen-bond acceptors (Lipinski definition) is 3. The summed E-state index contributed by atoms with van der Waals surface area (Å²) in [5.74, 6) is -2.15. The first-order valence-electron chi connectivity index (χ1n) is 3.41. The molecule has 12 heavy (non-hydrogen) atoms. The molecule has 6 nitrogen and oxygen atoms in total. The lowest BCUT2D eigenvalue weighted by Gasteiger charge is -2.08. The molecule has 1 heterocycles. The van der Waals surface area contributed by atoms with Crippen LogP contribution < -0.4 is 0 Å². The van der Waals surface area contributed by atoms with E-state index in [2.05, 4.69) is 0 Å². The quantitative estimate of drug-likeness (QED) is 0.477. The normalized spacial score (nSPS) is 28.9. The number of aliphatic carboxylic acids is 1. The second-order valence-electron chi connectivity index (χ2n) is 2.70. The first kappa shape index (κ1) is 8.79. The Kier molecular flexibility index (Phi) is 2.18. The smallest absolute Gasteiger partial charge is 0.407 e. The fourth-order valence-electron chi connectivity index (χ4n) is 1.19. The molecule has 1 rings (SSSR count). The number of carboxylic acids is 1. The molecule has 0 spiro atoms. The van der Waals surface area contributed by atoms with Gasteiger partial charge in [-0.05, 0) is 0 Å². The first-order chi connectivity index (χ1) is 5.52. The molecule has 0 radical (unpaired) electrons. The van der Waals surface area contributed by atoms with E-state index in [1.165, 1.54) is 0 Å². The van der Waals surface area contributed by atoms with Gasteiger partial charge in [0.1, 0.15) is 5.92 Å². The Balaban J connectivity index is 2.62. The molecule has 0 bridgehead atoms. The Bertz CT molecular complexity index is 216. The van der Waals surface area contributed by atoms with Crippen LogP contribution in [0, 0.1) is 5.92 Å². The standard InChI is InChI=1S/C6H9NO5/c8-4-2-7(6(11)12)1-3(4)5(9)10/h3-4,8H,1-2H2,(H,9,10)(H,11,12). The van der Waals surface area contributed by atoms with Crippen molar-refractivity contribution in [2.24, 2.45) is 5.92 Å². The van der Waals surface area contributed by atoms with Gasteiger partial charge in [0.15, 0.2) is 0 Å². The third-order valence-corrected chi connectivity index (χ3v) is 1.88. The molecule has 1 aliphatic heterocycles. The molecule has 3 N–H and O–H groups in total. The summed E-state index contributed by atoms with van der Waals surface area (Å²) in [6.07, 6.45) is -2.28. The fourth-order valence-corrected chi connectivity index (χ4v) is 1.19. The Morgan fingerprint density at radius 1 is 1.25 bits per heavy atom. The Labute approximate surface area is 68.0 Å². The summed E-state index contributed by atoms with van der Waals surface area (Å²) in [4.78, 5) is 21.6. The van der Waals surface area contributed by atoms with Crippen molar-refractivity contribution in [3.63, 3.8) is 0 Å². The van der Waals surface area contributed by atoms with E-state index in [0.717, 1.165) is 4.90 Å². The minimum absolute atomic E-state index is 0.119. The van der Waals surface area contributed by atoms with Gasteiger partial charge < -0.3 is 20.2 Å². The summed E-state index contributed by atoms with van der Waals surface area (Å²) < 4.78 is 0. The van der Waals surface area contributed by atoms with Gasteiger partial charge in [-0.25, -0.2) is 4.79 Å². The van der Waals surface area contributed by atoms with Crippen molar-refractivity contribution in [3.05, 3.63) is 0 Å².